The highest BCUT2D eigenvalue weighted by Crippen LogP contribution is 2.28. The molecular formula is C19H17NO5S. The molecule has 7 heteroatoms. The fourth-order valence-electron chi connectivity index (χ4n) is 2.38. The Balaban J connectivity index is 1.52. The molecule has 0 radical (unpaired) electrons. The van der Waals surface area contributed by atoms with Gasteiger partial charge in [-0.25, -0.2) is 0 Å². The van der Waals surface area contributed by atoms with Crippen LogP contribution in [0.15, 0.2) is 47.4 Å². The Hall–Kier alpha value is -2.80. The van der Waals surface area contributed by atoms with Gasteiger partial charge < -0.3 is 14.8 Å². The highest BCUT2D eigenvalue weighted by molar-refractivity contribution is 8.00. The third-order valence-corrected chi connectivity index (χ3v) is 4.89. The first-order valence-electron chi connectivity index (χ1n) is 7.97. The zero-order valence-corrected chi connectivity index (χ0v) is 14.9. The molecule has 3 rings (SSSR count). The molecule has 0 fully saturated rings. The molecular weight excluding hydrogens is 354 g/mol. The molecule has 0 saturated carbocycles. The van der Waals surface area contributed by atoms with Crippen molar-refractivity contribution in [1.82, 2.24) is 0 Å². The van der Waals surface area contributed by atoms with E-state index < -0.39 is 5.97 Å². The predicted molar refractivity (Wildman–Crippen MR) is 97.8 cm³/mol. The van der Waals surface area contributed by atoms with E-state index in [0.717, 1.165) is 10.5 Å². The second-order valence-corrected chi connectivity index (χ2v) is 6.70. The summed E-state index contributed by atoms with van der Waals surface area (Å²) in [5.74, 6) is -0.441. The van der Waals surface area contributed by atoms with E-state index in [1.807, 2.05) is 31.2 Å². The molecule has 0 unspecified atom stereocenters. The summed E-state index contributed by atoms with van der Waals surface area (Å²) in [6.45, 7) is 1.58. The second kappa shape index (κ2) is 8.05. The second-order valence-electron chi connectivity index (χ2n) is 5.69. The molecule has 26 heavy (non-hydrogen) atoms. The quantitative estimate of drug-likeness (QED) is 0.478. The summed E-state index contributed by atoms with van der Waals surface area (Å²) >= 11 is 1.37. The maximum Gasteiger partial charge on any atom is 0.316 e. The Morgan fingerprint density at radius 3 is 2.85 bits per heavy atom. The SMILES string of the molecule is Cc1ccccc1SCC(=O)OCC(=O)c1ccc2c(c1)NC(=O)CO2. The van der Waals surface area contributed by atoms with Crippen molar-refractivity contribution in [2.75, 3.05) is 24.3 Å². The molecule has 2 aromatic rings. The van der Waals surface area contributed by atoms with Crippen molar-refractivity contribution in [3.8, 4) is 5.75 Å². The molecule has 1 heterocycles. The van der Waals surface area contributed by atoms with Gasteiger partial charge in [0.15, 0.2) is 19.0 Å². The Labute approximate surface area is 154 Å². The number of Topliss-reactive ketones (excluding diaryl/α,β-unsaturated/α-hetero) is 1. The van der Waals surface area contributed by atoms with Gasteiger partial charge in [0.25, 0.3) is 5.91 Å². The van der Waals surface area contributed by atoms with Gasteiger partial charge in [-0.05, 0) is 36.8 Å². The molecule has 6 nitrogen and oxygen atoms in total. The number of carbonyl (C=O) groups excluding carboxylic acids is 3. The Kier molecular flexibility index (Phi) is 5.58. The van der Waals surface area contributed by atoms with Crippen LogP contribution >= 0.6 is 11.8 Å². The van der Waals surface area contributed by atoms with E-state index in [0.29, 0.717) is 17.0 Å². The van der Waals surface area contributed by atoms with Crippen molar-refractivity contribution >= 4 is 35.1 Å². The number of anilines is 1. The van der Waals surface area contributed by atoms with Crippen LogP contribution in [0.25, 0.3) is 0 Å². The zero-order valence-electron chi connectivity index (χ0n) is 14.1. The lowest BCUT2D eigenvalue weighted by Gasteiger charge is -2.18. The molecule has 1 amide bonds. The molecule has 1 N–H and O–H groups in total. The van der Waals surface area contributed by atoms with E-state index >= 15 is 0 Å². The summed E-state index contributed by atoms with van der Waals surface area (Å²) in [5, 5.41) is 2.64. The molecule has 0 aliphatic carbocycles. The fraction of sp³-hybridized carbons (Fsp3) is 0.211. The molecule has 0 atom stereocenters. The number of carbonyl (C=O) groups is 3. The van der Waals surface area contributed by atoms with Crippen LogP contribution in [0.3, 0.4) is 0 Å². The molecule has 0 saturated heterocycles. The van der Waals surface area contributed by atoms with Crippen molar-refractivity contribution in [1.29, 1.82) is 0 Å². The van der Waals surface area contributed by atoms with Gasteiger partial charge in [0.2, 0.25) is 0 Å². The van der Waals surface area contributed by atoms with Gasteiger partial charge in [0.05, 0.1) is 11.4 Å². The zero-order chi connectivity index (χ0) is 18.5. The summed E-state index contributed by atoms with van der Waals surface area (Å²) in [4.78, 5) is 36.4. The highest BCUT2D eigenvalue weighted by Gasteiger charge is 2.18. The molecule has 0 aromatic heterocycles. The van der Waals surface area contributed by atoms with Crippen LogP contribution in [0.4, 0.5) is 5.69 Å². The first-order valence-corrected chi connectivity index (χ1v) is 8.95. The Bertz CT molecular complexity index is 865. The lowest BCUT2D eigenvalue weighted by Crippen LogP contribution is -2.25. The van der Waals surface area contributed by atoms with Crippen molar-refractivity contribution in [2.45, 2.75) is 11.8 Å². The van der Waals surface area contributed by atoms with Gasteiger partial charge in [-0.3, -0.25) is 14.4 Å². The van der Waals surface area contributed by atoms with Crippen LogP contribution in [0.2, 0.25) is 0 Å². The smallest absolute Gasteiger partial charge is 0.316 e. The number of hydrogen-bond donors (Lipinski definition) is 1. The van der Waals surface area contributed by atoms with Gasteiger partial charge in [-0.2, -0.15) is 0 Å². The Morgan fingerprint density at radius 1 is 1.23 bits per heavy atom. The lowest BCUT2D eigenvalue weighted by atomic mass is 10.1. The van der Waals surface area contributed by atoms with E-state index in [2.05, 4.69) is 5.32 Å². The Morgan fingerprint density at radius 2 is 2.04 bits per heavy atom. The van der Waals surface area contributed by atoms with Crippen LogP contribution in [0.5, 0.6) is 5.75 Å². The largest absolute Gasteiger partial charge is 0.482 e. The predicted octanol–water partition coefficient (Wildman–Crippen LogP) is 2.84. The number of ether oxygens (including phenoxy) is 2. The highest BCUT2D eigenvalue weighted by atomic mass is 32.2. The maximum atomic E-state index is 12.2. The summed E-state index contributed by atoms with van der Waals surface area (Å²) in [6.07, 6.45) is 0. The number of ketones is 1. The summed E-state index contributed by atoms with van der Waals surface area (Å²) in [6, 6.07) is 12.4. The van der Waals surface area contributed by atoms with Crippen molar-refractivity contribution in [2.24, 2.45) is 0 Å². The van der Waals surface area contributed by atoms with E-state index in [1.165, 1.54) is 17.8 Å². The van der Waals surface area contributed by atoms with Crippen LogP contribution in [0.1, 0.15) is 15.9 Å². The van der Waals surface area contributed by atoms with E-state index in [1.54, 1.807) is 12.1 Å². The average molecular weight is 371 g/mol. The summed E-state index contributed by atoms with van der Waals surface area (Å²) in [7, 11) is 0. The normalized spacial score (nSPS) is 12.6. The minimum atomic E-state index is -0.457. The molecule has 134 valence electrons. The van der Waals surface area contributed by atoms with E-state index in [4.69, 9.17) is 9.47 Å². The number of benzene rings is 2. The van der Waals surface area contributed by atoms with Crippen LogP contribution in [-0.2, 0) is 14.3 Å². The molecule has 0 spiro atoms. The van der Waals surface area contributed by atoms with E-state index in [-0.39, 0.29) is 30.7 Å². The molecule has 2 aromatic carbocycles. The molecule has 0 bridgehead atoms. The third-order valence-electron chi connectivity index (χ3n) is 3.74. The summed E-state index contributed by atoms with van der Waals surface area (Å²) in [5.41, 5.74) is 1.86. The number of rotatable bonds is 6. The standard InChI is InChI=1S/C19H17NO5S/c1-12-4-2-3-5-17(12)26-11-19(23)25-9-15(21)13-6-7-16-14(8-13)20-18(22)10-24-16/h2-8H,9-11H2,1H3,(H,20,22). The van der Waals surface area contributed by atoms with Gasteiger partial charge in [-0.1, -0.05) is 18.2 Å². The number of thioether (sulfide) groups is 1. The number of aryl methyl sites for hydroxylation is 1. The van der Waals surface area contributed by atoms with Crippen LogP contribution < -0.4 is 10.1 Å². The van der Waals surface area contributed by atoms with Crippen LogP contribution in [-0.4, -0.2) is 36.6 Å². The van der Waals surface area contributed by atoms with Gasteiger partial charge in [0, 0.05) is 10.5 Å². The van der Waals surface area contributed by atoms with Gasteiger partial charge >= 0.3 is 5.97 Å². The minimum absolute atomic E-state index is 0.0452. The molecule has 1 aliphatic heterocycles. The first-order chi connectivity index (χ1) is 12.5. The van der Waals surface area contributed by atoms with Crippen LogP contribution in [0, 0.1) is 6.92 Å². The van der Waals surface area contributed by atoms with Gasteiger partial charge in [0.1, 0.15) is 5.75 Å². The lowest BCUT2D eigenvalue weighted by molar-refractivity contribution is -0.139. The average Bonchev–Trinajstić information content (AvgIpc) is 2.64. The maximum absolute atomic E-state index is 12.2. The number of fused-ring (bicyclic) bond motifs is 1. The number of hydrogen-bond acceptors (Lipinski definition) is 6. The first kappa shape index (κ1) is 18.0. The minimum Gasteiger partial charge on any atom is -0.482 e. The fourth-order valence-corrected chi connectivity index (χ4v) is 3.21. The van der Waals surface area contributed by atoms with E-state index in [9.17, 15) is 14.4 Å². The summed E-state index contributed by atoms with van der Waals surface area (Å²) < 4.78 is 10.3. The molecule has 1 aliphatic rings. The van der Waals surface area contributed by atoms with Crippen molar-refractivity contribution in [3.63, 3.8) is 0 Å². The number of esters is 1. The van der Waals surface area contributed by atoms with Gasteiger partial charge in [-0.15, -0.1) is 11.8 Å². The van der Waals surface area contributed by atoms with Crippen molar-refractivity contribution in [3.05, 3.63) is 53.6 Å². The monoisotopic (exact) mass is 371 g/mol. The topological polar surface area (TPSA) is 81.7 Å². The number of nitrogens with one attached hydrogen (secondary N) is 1. The number of amides is 1. The van der Waals surface area contributed by atoms with Crippen molar-refractivity contribution < 1.29 is 23.9 Å². The third kappa shape index (κ3) is 4.43.